The van der Waals surface area contributed by atoms with Crippen molar-refractivity contribution < 1.29 is 4.79 Å². The Hall–Kier alpha value is -2.29. The zero-order valence-corrected chi connectivity index (χ0v) is 15.1. The van der Waals surface area contributed by atoms with Crippen LogP contribution in [0.25, 0.3) is 11.0 Å². The quantitative estimate of drug-likeness (QED) is 0.754. The van der Waals surface area contributed by atoms with Gasteiger partial charge in [0.15, 0.2) is 10.9 Å². The molecule has 24 heavy (non-hydrogen) atoms. The average Bonchev–Trinajstić information content (AvgIpc) is 2.80. The Morgan fingerprint density at radius 3 is 2.46 bits per heavy atom. The van der Waals surface area contributed by atoms with Crippen molar-refractivity contribution in [1.29, 1.82) is 0 Å². The highest BCUT2D eigenvalue weighted by atomic mass is 32.1. The van der Waals surface area contributed by atoms with Gasteiger partial charge < -0.3 is 15.1 Å². The SMILES string of the molecule is CC(=O)NC(=S)N1CCN(c2nc(C)nc3c(C)nn(C)c23)CC1. The Kier molecular flexibility index (Phi) is 4.35. The predicted molar refractivity (Wildman–Crippen MR) is 96.0 cm³/mol. The number of aromatic nitrogens is 4. The number of carbonyl (C=O) groups is 1. The minimum Gasteiger partial charge on any atom is -0.351 e. The maximum absolute atomic E-state index is 11.1. The van der Waals surface area contributed by atoms with Crippen LogP contribution in [0.1, 0.15) is 18.4 Å². The third-order valence-electron chi connectivity index (χ3n) is 4.09. The van der Waals surface area contributed by atoms with Crippen LogP contribution < -0.4 is 10.2 Å². The Bertz CT molecular complexity index is 808. The van der Waals surface area contributed by atoms with E-state index in [0.29, 0.717) is 5.11 Å². The Morgan fingerprint density at radius 1 is 1.17 bits per heavy atom. The monoisotopic (exact) mass is 347 g/mol. The topological polar surface area (TPSA) is 79.2 Å². The number of fused-ring (bicyclic) bond motifs is 1. The standard InChI is InChI=1S/C15H21N7OS/c1-9-12-13(20(4)19-9)14(17-10(2)16-12)21-5-7-22(8-6-21)15(24)18-11(3)23/h5-8H2,1-4H3,(H,18,23,24). The molecule has 2 aromatic heterocycles. The predicted octanol–water partition coefficient (Wildman–Crippen LogP) is 0.523. The van der Waals surface area contributed by atoms with Gasteiger partial charge in [0.1, 0.15) is 16.9 Å². The van der Waals surface area contributed by atoms with E-state index in [9.17, 15) is 4.79 Å². The van der Waals surface area contributed by atoms with Crippen LogP contribution >= 0.6 is 12.2 Å². The van der Waals surface area contributed by atoms with Gasteiger partial charge in [-0.2, -0.15) is 5.10 Å². The summed E-state index contributed by atoms with van der Waals surface area (Å²) in [5.41, 5.74) is 2.76. The first-order valence-electron chi connectivity index (χ1n) is 7.86. The summed E-state index contributed by atoms with van der Waals surface area (Å²) in [5.74, 6) is 1.51. The van der Waals surface area contributed by atoms with Crippen molar-refractivity contribution in [3.8, 4) is 0 Å². The molecule has 0 unspecified atom stereocenters. The molecule has 0 spiro atoms. The Balaban J connectivity index is 1.83. The first-order chi connectivity index (χ1) is 11.4. The number of nitrogens with one attached hydrogen (secondary N) is 1. The highest BCUT2D eigenvalue weighted by molar-refractivity contribution is 7.80. The van der Waals surface area contributed by atoms with Crippen LogP contribution in [-0.4, -0.2) is 61.8 Å². The molecule has 8 nitrogen and oxygen atoms in total. The fourth-order valence-electron chi connectivity index (χ4n) is 3.00. The fraction of sp³-hybridized carbons (Fsp3) is 0.533. The van der Waals surface area contributed by atoms with Gasteiger partial charge in [-0.3, -0.25) is 9.48 Å². The second kappa shape index (κ2) is 6.31. The van der Waals surface area contributed by atoms with Gasteiger partial charge in [0.2, 0.25) is 5.91 Å². The molecule has 2 aromatic rings. The van der Waals surface area contributed by atoms with Gasteiger partial charge >= 0.3 is 0 Å². The molecule has 0 aromatic carbocycles. The van der Waals surface area contributed by atoms with Gasteiger partial charge in [-0.1, -0.05) is 0 Å². The molecule has 0 atom stereocenters. The summed E-state index contributed by atoms with van der Waals surface area (Å²) < 4.78 is 1.84. The summed E-state index contributed by atoms with van der Waals surface area (Å²) in [5, 5.41) is 7.64. The minimum absolute atomic E-state index is 0.138. The summed E-state index contributed by atoms with van der Waals surface area (Å²) in [7, 11) is 1.92. The van der Waals surface area contributed by atoms with Crippen LogP contribution in [0.15, 0.2) is 0 Å². The molecule has 128 valence electrons. The molecule has 1 aliphatic rings. The van der Waals surface area contributed by atoms with Gasteiger partial charge in [-0.05, 0) is 26.1 Å². The van der Waals surface area contributed by atoms with Crippen LogP contribution in [0.3, 0.4) is 0 Å². The number of carbonyl (C=O) groups excluding carboxylic acids is 1. The molecule has 3 rings (SSSR count). The molecule has 1 amide bonds. The molecule has 0 aliphatic carbocycles. The largest absolute Gasteiger partial charge is 0.351 e. The van der Waals surface area contributed by atoms with E-state index in [-0.39, 0.29) is 5.91 Å². The van der Waals surface area contributed by atoms with E-state index in [1.165, 1.54) is 6.92 Å². The van der Waals surface area contributed by atoms with E-state index in [1.54, 1.807) is 0 Å². The number of nitrogens with zero attached hydrogens (tertiary/aromatic N) is 6. The minimum atomic E-state index is -0.138. The lowest BCUT2D eigenvalue weighted by atomic mass is 10.2. The summed E-state index contributed by atoms with van der Waals surface area (Å²) in [6.45, 7) is 8.35. The molecule has 0 radical (unpaired) electrons. The molecular formula is C15H21N7OS. The normalized spacial score (nSPS) is 15.0. The van der Waals surface area contributed by atoms with E-state index >= 15 is 0 Å². The van der Waals surface area contributed by atoms with Crippen molar-refractivity contribution in [2.45, 2.75) is 20.8 Å². The molecule has 1 fully saturated rings. The lowest BCUT2D eigenvalue weighted by molar-refractivity contribution is -0.117. The first-order valence-corrected chi connectivity index (χ1v) is 8.27. The number of amides is 1. The number of piperazine rings is 1. The van der Waals surface area contributed by atoms with Crippen molar-refractivity contribution in [2.24, 2.45) is 7.05 Å². The summed E-state index contributed by atoms with van der Waals surface area (Å²) in [6.07, 6.45) is 0. The van der Waals surface area contributed by atoms with Gasteiger partial charge in [-0.25, -0.2) is 9.97 Å². The van der Waals surface area contributed by atoms with Crippen molar-refractivity contribution in [3.63, 3.8) is 0 Å². The zero-order valence-electron chi connectivity index (χ0n) is 14.3. The van der Waals surface area contributed by atoms with E-state index in [1.807, 2.05) is 30.5 Å². The number of aryl methyl sites for hydroxylation is 3. The van der Waals surface area contributed by atoms with E-state index in [4.69, 9.17) is 12.2 Å². The van der Waals surface area contributed by atoms with Gasteiger partial charge in [0, 0.05) is 40.2 Å². The maximum atomic E-state index is 11.1. The number of anilines is 1. The third-order valence-corrected chi connectivity index (χ3v) is 4.45. The van der Waals surface area contributed by atoms with Crippen molar-refractivity contribution >= 4 is 40.1 Å². The Labute approximate surface area is 145 Å². The van der Waals surface area contributed by atoms with Gasteiger partial charge in [0.25, 0.3) is 0 Å². The molecule has 0 saturated carbocycles. The number of thiocarbonyl (C=S) groups is 1. The lowest BCUT2D eigenvalue weighted by Crippen LogP contribution is -2.52. The van der Waals surface area contributed by atoms with Crippen LogP contribution in [0.2, 0.25) is 0 Å². The van der Waals surface area contributed by atoms with Crippen molar-refractivity contribution in [3.05, 3.63) is 11.5 Å². The second-order valence-corrected chi connectivity index (χ2v) is 6.35. The lowest BCUT2D eigenvalue weighted by Gasteiger charge is -2.36. The van der Waals surface area contributed by atoms with Crippen LogP contribution in [0.4, 0.5) is 5.82 Å². The van der Waals surface area contributed by atoms with Crippen molar-refractivity contribution in [2.75, 3.05) is 31.1 Å². The highest BCUT2D eigenvalue weighted by Crippen LogP contribution is 2.26. The molecular weight excluding hydrogens is 326 g/mol. The molecule has 9 heteroatoms. The Morgan fingerprint density at radius 2 is 1.83 bits per heavy atom. The molecule has 1 saturated heterocycles. The zero-order chi connectivity index (χ0) is 17.4. The average molecular weight is 347 g/mol. The number of rotatable bonds is 1. The van der Waals surface area contributed by atoms with Crippen LogP contribution in [0, 0.1) is 13.8 Å². The second-order valence-electron chi connectivity index (χ2n) is 5.96. The van der Waals surface area contributed by atoms with Crippen molar-refractivity contribution in [1.82, 2.24) is 30.0 Å². The third kappa shape index (κ3) is 3.03. The summed E-state index contributed by atoms with van der Waals surface area (Å²) in [6, 6.07) is 0. The molecule has 0 bridgehead atoms. The maximum Gasteiger partial charge on any atom is 0.222 e. The summed E-state index contributed by atoms with van der Waals surface area (Å²) >= 11 is 5.26. The first kappa shape index (κ1) is 16.6. The van der Waals surface area contributed by atoms with Crippen LogP contribution in [0.5, 0.6) is 0 Å². The van der Waals surface area contributed by atoms with Gasteiger partial charge in [0.05, 0.1) is 5.69 Å². The summed E-state index contributed by atoms with van der Waals surface area (Å²) in [4.78, 5) is 24.6. The van der Waals surface area contributed by atoms with E-state index in [2.05, 4.69) is 25.3 Å². The molecule has 1 N–H and O–H groups in total. The molecule has 1 aliphatic heterocycles. The fourth-order valence-corrected chi connectivity index (χ4v) is 3.32. The van der Waals surface area contributed by atoms with Gasteiger partial charge in [-0.15, -0.1) is 0 Å². The van der Waals surface area contributed by atoms with E-state index in [0.717, 1.165) is 54.5 Å². The highest BCUT2D eigenvalue weighted by Gasteiger charge is 2.24. The van der Waals surface area contributed by atoms with Crippen LogP contribution in [-0.2, 0) is 11.8 Å². The number of hydrogen-bond donors (Lipinski definition) is 1. The molecule has 3 heterocycles. The number of hydrogen-bond acceptors (Lipinski definition) is 6. The van der Waals surface area contributed by atoms with E-state index < -0.39 is 0 Å². The smallest absolute Gasteiger partial charge is 0.222 e.